The first-order valence-corrected chi connectivity index (χ1v) is 6.20. The molecule has 0 bridgehead atoms. The molecule has 1 N–H and O–H groups in total. The number of nitrogens with one attached hydrogen (secondary N) is 1. The molecule has 2 heterocycles. The average molecular weight is 271 g/mol. The number of aryl methyl sites for hydroxylation is 2. The number of amides is 1. The van der Waals surface area contributed by atoms with Crippen LogP contribution in [0.1, 0.15) is 27.7 Å². The van der Waals surface area contributed by atoms with Crippen molar-refractivity contribution in [3.05, 3.63) is 47.2 Å². The average Bonchev–Trinajstić information content (AvgIpc) is 2.99. The highest BCUT2D eigenvalue weighted by atomic mass is 16.5. The maximum Gasteiger partial charge on any atom is 0.257 e. The molecule has 0 atom stereocenters. The molecule has 20 heavy (non-hydrogen) atoms. The molecule has 0 aliphatic carbocycles. The molecule has 0 aliphatic heterocycles. The molecule has 0 unspecified atom stereocenters. The number of fused-ring (bicyclic) bond motifs is 1. The van der Waals surface area contributed by atoms with E-state index in [-0.39, 0.29) is 12.5 Å². The molecule has 3 rings (SSSR count). The minimum atomic E-state index is -0.247. The molecule has 0 saturated heterocycles. The van der Waals surface area contributed by atoms with Crippen LogP contribution in [0.3, 0.4) is 0 Å². The van der Waals surface area contributed by atoms with Gasteiger partial charge in [-0.25, -0.2) is 4.98 Å². The van der Waals surface area contributed by atoms with Gasteiger partial charge in [0.05, 0.1) is 12.2 Å². The van der Waals surface area contributed by atoms with Gasteiger partial charge < -0.3 is 14.3 Å². The molecule has 102 valence electrons. The second-order valence-electron chi connectivity index (χ2n) is 4.46. The molecule has 0 spiro atoms. The molecule has 1 aromatic carbocycles. The van der Waals surface area contributed by atoms with Crippen molar-refractivity contribution in [1.82, 2.24) is 15.5 Å². The second-order valence-corrected chi connectivity index (χ2v) is 4.46. The highest BCUT2D eigenvalue weighted by Crippen LogP contribution is 2.15. The number of aromatic nitrogens is 2. The summed E-state index contributed by atoms with van der Waals surface area (Å²) >= 11 is 0. The molecular formula is C14H13N3O3. The van der Waals surface area contributed by atoms with E-state index in [2.05, 4.69) is 15.5 Å². The van der Waals surface area contributed by atoms with Crippen molar-refractivity contribution in [3.8, 4) is 0 Å². The van der Waals surface area contributed by atoms with Gasteiger partial charge in [-0.15, -0.1) is 0 Å². The van der Waals surface area contributed by atoms with Gasteiger partial charge in [0.1, 0.15) is 16.8 Å². The van der Waals surface area contributed by atoms with E-state index in [1.807, 2.05) is 24.3 Å². The Bertz CT molecular complexity index is 720. The van der Waals surface area contributed by atoms with Gasteiger partial charge in [0.2, 0.25) is 5.89 Å². The molecule has 0 saturated carbocycles. The van der Waals surface area contributed by atoms with Crippen LogP contribution in [0.2, 0.25) is 0 Å². The maximum atomic E-state index is 12.1. The minimum Gasteiger partial charge on any atom is -0.439 e. The predicted molar refractivity (Wildman–Crippen MR) is 71.2 cm³/mol. The molecular weight excluding hydrogens is 258 g/mol. The fraction of sp³-hybridized carbons (Fsp3) is 0.214. The Morgan fingerprint density at radius 2 is 2.10 bits per heavy atom. The summed E-state index contributed by atoms with van der Waals surface area (Å²) in [5, 5.41) is 6.50. The van der Waals surface area contributed by atoms with Crippen LogP contribution in [-0.2, 0) is 6.54 Å². The van der Waals surface area contributed by atoms with E-state index in [1.165, 1.54) is 0 Å². The van der Waals surface area contributed by atoms with E-state index in [9.17, 15) is 4.79 Å². The lowest BCUT2D eigenvalue weighted by Gasteiger charge is -2.01. The van der Waals surface area contributed by atoms with Crippen molar-refractivity contribution >= 4 is 17.0 Å². The summed E-state index contributed by atoms with van der Waals surface area (Å²) in [6.45, 7) is 3.65. The molecule has 6 heteroatoms. The van der Waals surface area contributed by atoms with Gasteiger partial charge in [-0.3, -0.25) is 4.79 Å². The van der Waals surface area contributed by atoms with Crippen LogP contribution >= 0.6 is 0 Å². The first-order valence-electron chi connectivity index (χ1n) is 6.20. The van der Waals surface area contributed by atoms with Gasteiger partial charge in [-0.05, 0) is 26.0 Å². The van der Waals surface area contributed by atoms with Crippen molar-refractivity contribution in [3.63, 3.8) is 0 Å². The Balaban J connectivity index is 1.74. The monoisotopic (exact) mass is 271 g/mol. The summed E-state index contributed by atoms with van der Waals surface area (Å²) in [4.78, 5) is 16.3. The Kier molecular flexibility index (Phi) is 2.98. The van der Waals surface area contributed by atoms with Gasteiger partial charge in [-0.1, -0.05) is 17.3 Å². The quantitative estimate of drug-likeness (QED) is 0.790. The van der Waals surface area contributed by atoms with Crippen LogP contribution in [0, 0.1) is 13.8 Å². The first-order chi connectivity index (χ1) is 9.65. The topological polar surface area (TPSA) is 81.2 Å². The SMILES string of the molecule is Cc1noc(C)c1C(=O)NCc1nc2ccccc2o1. The van der Waals surface area contributed by atoms with E-state index in [4.69, 9.17) is 8.94 Å². The van der Waals surface area contributed by atoms with E-state index in [0.29, 0.717) is 28.5 Å². The van der Waals surface area contributed by atoms with Crippen molar-refractivity contribution in [2.45, 2.75) is 20.4 Å². The lowest BCUT2D eigenvalue weighted by molar-refractivity contribution is 0.0945. The first kappa shape index (κ1) is 12.4. The van der Waals surface area contributed by atoms with Crippen LogP contribution < -0.4 is 5.32 Å². The predicted octanol–water partition coefficient (Wildman–Crippen LogP) is 2.36. The number of benzene rings is 1. The molecule has 1 amide bonds. The third-order valence-electron chi connectivity index (χ3n) is 3.00. The van der Waals surface area contributed by atoms with E-state index in [1.54, 1.807) is 13.8 Å². The standard InChI is InChI=1S/C14H13N3O3/c1-8-13(9(2)20-17-8)14(18)15-7-12-16-10-5-3-4-6-11(10)19-12/h3-6H,7H2,1-2H3,(H,15,18). The van der Waals surface area contributed by atoms with E-state index >= 15 is 0 Å². The number of carbonyl (C=O) groups is 1. The van der Waals surface area contributed by atoms with Gasteiger partial charge in [0, 0.05) is 0 Å². The molecule has 3 aromatic rings. The number of hydrogen-bond donors (Lipinski definition) is 1. The largest absolute Gasteiger partial charge is 0.439 e. The lowest BCUT2D eigenvalue weighted by Crippen LogP contribution is -2.23. The smallest absolute Gasteiger partial charge is 0.257 e. The van der Waals surface area contributed by atoms with Crippen LogP contribution in [0.4, 0.5) is 0 Å². The van der Waals surface area contributed by atoms with Gasteiger partial charge in [-0.2, -0.15) is 0 Å². The van der Waals surface area contributed by atoms with Crippen molar-refractivity contribution in [2.24, 2.45) is 0 Å². The molecule has 0 radical (unpaired) electrons. The number of nitrogens with zero attached hydrogens (tertiary/aromatic N) is 2. The van der Waals surface area contributed by atoms with Crippen molar-refractivity contribution < 1.29 is 13.7 Å². The van der Waals surface area contributed by atoms with Crippen LogP contribution in [0.5, 0.6) is 0 Å². The number of carbonyl (C=O) groups excluding carboxylic acids is 1. The zero-order chi connectivity index (χ0) is 14.1. The number of hydrogen-bond acceptors (Lipinski definition) is 5. The summed E-state index contributed by atoms with van der Waals surface area (Å²) in [7, 11) is 0. The van der Waals surface area contributed by atoms with Crippen LogP contribution in [0.25, 0.3) is 11.1 Å². The number of para-hydroxylation sites is 2. The molecule has 0 aliphatic rings. The molecule has 6 nitrogen and oxygen atoms in total. The fourth-order valence-corrected chi connectivity index (χ4v) is 2.05. The minimum absolute atomic E-state index is 0.220. The van der Waals surface area contributed by atoms with Gasteiger partial charge in [0.25, 0.3) is 5.91 Å². The highest BCUT2D eigenvalue weighted by Gasteiger charge is 2.17. The number of rotatable bonds is 3. The summed E-state index contributed by atoms with van der Waals surface area (Å²) in [5.41, 5.74) is 2.50. The van der Waals surface area contributed by atoms with Gasteiger partial charge >= 0.3 is 0 Å². The van der Waals surface area contributed by atoms with Gasteiger partial charge in [0.15, 0.2) is 5.58 Å². The fourth-order valence-electron chi connectivity index (χ4n) is 2.05. The Labute approximate surface area is 114 Å². The number of oxazole rings is 1. The Morgan fingerprint density at radius 1 is 1.30 bits per heavy atom. The maximum absolute atomic E-state index is 12.1. The normalized spacial score (nSPS) is 10.9. The van der Waals surface area contributed by atoms with Crippen molar-refractivity contribution in [1.29, 1.82) is 0 Å². The summed E-state index contributed by atoms with van der Waals surface area (Å²) < 4.78 is 10.5. The van der Waals surface area contributed by atoms with Crippen LogP contribution in [-0.4, -0.2) is 16.0 Å². The van der Waals surface area contributed by atoms with Crippen LogP contribution in [0.15, 0.2) is 33.2 Å². The highest BCUT2D eigenvalue weighted by molar-refractivity contribution is 5.95. The van der Waals surface area contributed by atoms with E-state index in [0.717, 1.165) is 5.52 Å². The zero-order valence-electron chi connectivity index (χ0n) is 11.1. The molecule has 2 aromatic heterocycles. The summed E-state index contributed by atoms with van der Waals surface area (Å²) in [6, 6.07) is 7.46. The molecule has 0 fully saturated rings. The zero-order valence-corrected chi connectivity index (χ0v) is 11.1. The lowest BCUT2D eigenvalue weighted by atomic mass is 10.2. The third kappa shape index (κ3) is 2.16. The summed E-state index contributed by atoms with van der Waals surface area (Å²) in [6.07, 6.45) is 0. The van der Waals surface area contributed by atoms with Crippen molar-refractivity contribution in [2.75, 3.05) is 0 Å². The Morgan fingerprint density at radius 3 is 2.80 bits per heavy atom. The van der Waals surface area contributed by atoms with E-state index < -0.39 is 0 Å². The Hall–Kier alpha value is -2.63. The summed E-state index contributed by atoms with van der Waals surface area (Å²) in [5.74, 6) is 0.715. The third-order valence-corrected chi connectivity index (χ3v) is 3.00. The second kappa shape index (κ2) is 4.80.